The topological polar surface area (TPSA) is 64.1 Å². The quantitative estimate of drug-likeness (QED) is 0.886. The van der Waals surface area contributed by atoms with Crippen molar-refractivity contribution in [3.05, 3.63) is 17.7 Å². The maximum absolute atomic E-state index is 9.26. The number of hydrogen-bond donors (Lipinski definition) is 2. The van der Waals surface area contributed by atoms with Crippen LogP contribution in [-0.4, -0.2) is 21.3 Å². The molecule has 4 saturated carbocycles. The molecule has 1 aromatic heterocycles. The summed E-state index contributed by atoms with van der Waals surface area (Å²) in [7, 11) is 2.07. The Morgan fingerprint density at radius 1 is 1.25 bits per heavy atom. The highest BCUT2D eigenvalue weighted by Gasteiger charge is 2.49. The van der Waals surface area contributed by atoms with E-state index in [9.17, 15) is 5.11 Å². The zero-order chi connectivity index (χ0) is 13.9. The molecule has 4 fully saturated rings. The van der Waals surface area contributed by atoms with Gasteiger partial charge in [-0.05, 0) is 55.8 Å². The summed E-state index contributed by atoms with van der Waals surface area (Å²) in [5.41, 5.74) is 7.31. The van der Waals surface area contributed by atoms with Crippen molar-refractivity contribution in [3.63, 3.8) is 0 Å². The maximum atomic E-state index is 9.26. The predicted molar refractivity (Wildman–Crippen MR) is 77.0 cm³/mol. The Bertz CT molecular complexity index is 482. The largest absolute Gasteiger partial charge is 0.394 e. The van der Waals surface area contributed by atoms with E-state index in [0.717, 1.165) is 29.5 Å². The molecule has 0 aromatic carbocycles. The maximum Gasteiger partial charge on any atom is 0.127 e. The second-order valence-electron chi connectivity index (χ2n) is 7.35. The van der Waals surface area contributed by atoms with Crippen LogP contribution in [0.25, 0.3) is 0 Å². The fraction of sp³-hybridized carbons (Fsp3) is 0.812. The molecule has 1 aromatic rings. The second-order valence-corrected chi connectivity index (χ2v) is 7.35. The number of nitrogens with two attached hydrogens (primary N) is 1. The predicted octanol–water partition coefficient (Wildman–Crippen LogP) is 1.95. The monoisotopic (exact) mass is 275 g/mol. The van der Waals surface area contributed by atoms with Crippen LogP contribution in [0.1, 0.15) is 55.6 Å². The van der Waals surface area contributed by atoms with E-state index < -0.39 is 0 Å². The van der Waals surface area contributed by atoms with Gasteiger partial charge >= 0.3 is 0 Å². The molecule has 1 atom stereocenters. The molecule has 1 heterocycles. The summed E-state index contributed by atoms with van der Waals surface area (Å²) in [5.74, 6) is 5.23. The molecule has 4 heteroatoms. The second kappa shape index (κ2) is 4.57. The van der Waals surface area contributed by atoms with Gasteiger partial charge in [0.15, 0.2) is 0 Å². The smallest absolute Gasteiger partial charge is 0.127 e. The first-order chi connectivity index (χ1) is 9.67. The van der Waals surface area contributed by atoms with Gasteiger partial charge in [0.05, 0.1) is 12.6 Å². The van der Waals surface area contributed by atoms with Gasteiger partial charge in [-0.1, -0.05) is 0 Å². The molecule has 4 aliphatic rings. The summed E-state index contributed by atoms with van der Waals surface area (Å²) in [6.45, 7) is -0.0357. The van der Waals surface area contributed by atoms with Crippen LogP contribution in [0.2, 0.25) is 0 Å². The highest BCUT2D eigenvalue weighted by molar-refractivity contribution is 5.19. The average molecular weight is 275 g/mol. The molecule has 0 aliphatic heterocycles. The fourth-order valence-electron chi connectivity index (χ4n) is 5.58. The molecule has 20 heavy (non-hydrogen) atoms. The Morgan fingerprint density at radius 3 is 2.40 bits per heavy atom. The molecule has 0 saturated heterocycles. The molecule has 5 rings (SSSR count). The van der Waals surface area contributed by atoms with Gasteiger partial charge in [-0.25, -0.2) is 4.98 Å². The summed E-state index contributed by atoms with van der Waals surface area (Å²) < 4.78 is 2.16. The van der Waals surface area contributed by atoms with Gasteiger partial charge in [0.2, 0.25) is 0 Å². The van der Waals surface area contributed by atoms with Crippen molar-refractivity contribution in [1.29, 1.82) is 0 Å². The first kappa shape index (κ1) is 12.8. The minimum Gasteiger partial charge on any atom is -0.394 e. The van der Waals surface area contributed by atoms with Crippen molar-refractivity contribution in [2.24, 2.45) is 36.5 Å². The third-order valence-corrected chi connectivity index (χ3v) is 6.16. The zero-order valence-corrected chi connectivity index (χ0v) is 12.2. The molecule has 4 bridgehead atoms. The van der Waals surface area contributed by atoms with E-state index in [2.05, 4.69) is 16.6 Å². The summed E-state index contributed by atoms with van der Waals surface area (Å²) in [4.78, 5) is 4.50. The zero-order valence-electron chi connectivity index (χ0n) is 12.2. The molecular weight excluding hydrogens is 250 g/mol. The number of aromatic nitrogens is 2. The average Bonchev–Trinajstić information content (AvgIpc) is 2.79. The van der Waals surface area contributed by atoms with Crippen LogP contribution in [0.5, 0.6) is 0 Å². The minimum absolute atomic E-state index is 0.0357. The molecule has 0 radical (unpaired) electrons. The van der Waals surface area contributed by atoms with Crippen molar-refractivity contribution in [1.82, 2.24) is 9.55 Å². The summed E-state index contributed by atoms with van der Waals surface area (Å²) in [5, 5.41) is 9.26. The lowest BCUT2D eigenvalue weighted by Gasteiger charge is -2.54. The van der Waals surface area contributed by atoms with E-state index >= 15 is 0 Å². The SMILES string of the molecule is Cn1c(C2C3CC4CC(C3)CC2C4)cnc1C(N)CO. The Morgan fingerprint density at radius 2 is 1.85 bits per heavy atom. The Hall–Kier alpha value is -0.870. The van der Waals surface area contributed by atoms with Crippen molar-refractivity contribution in [3.8, 4) is 0 Å². The molecule has 3 N–H and O–H groups in total. The number of nitrogens with zero attached hydrogens (tertiary/aromatic N) is 2. The Kier molecular flexibility index (Phi) is 2.93. The normalized spacial score (nSPS) is 40.2. The molecule has 0 spiro atoms. The van der Waals surface area contributed by atoms with E-state index in [4.69, 9.17) is 5.73 Å². The van der Waals surface area contributed by atoms with E-state index in [1.54, 1.807) is 0 Å². The van der Waals surface area contributed by atoms with E-state index in [1.807, 2.05) is 6.20 Å². The van der Waals surface area contributed by atoms with Gasteiger partial charge in [-0.3, -0.25) is 0 Å². The van der Waals surface area contributed by atoms with Gasteiger partial charge in [-0.15, -0.1) is 0 Å². The van der Waals surface area contributed by atoms with Crippen molar-refractivity contribution in [2.45, 2.75) is 44.1 Å². The Labute approximate surface area is 120 Å². The van der Waals surface area contributed by atoms with Gasteiger partial charge < -0.3 is 15.4 Å². The first-order valence-electron chi connectivity index (χ1n) is 8.05. The lowest BCUT2D eigenvalue weighted by molar-refractivity contribution is -0.00512. The highest BCUT2D eigenvalue weighted by atomic mass is 16.3. The Balaban J connectivity index is 1.66. The van der Waals surface area contributed by atoms with Crippen LogP contribution in [0, 0.1) is 23.7 Å². The number of hydrogen-bond acceptors (Lipinski definition) is 3. The van der Waals surface area contributed by atoms with Crippen molar-refractivity contribution in [2.75, 3.05) is 6.61 Å². The van der Waals surface area contributed by atoms with E-state index in [-0.39, 0.29) is 12.6 Å². The first-order valence-corrected chi connectivity index (χ1v) is 8.05. The van der Waals surface area contributed by atoms with Crippen LogP contribution in [-0.2, 0) is 7.05 Å². The summed E-state index contributed by atoms with van der Waals surface area (Å²) in [6, 6.07) is -0.356. The third kappa shape index (κ3) is 1.77. The molecule has 110 valence electrons. The summed E-state index contributed by atoms with van der Waals surface area (Å²) in [6.07, 6.45) is 9.20. The molecule has 4 nitrogen and oxygen atoms in total. The van der Waals surface area contributed by atoms with Crippen molar-refractivity contribution >= 4 is 0 Å². The number of imidazole rings is 1. The van der Waals surface area contributed by atoms with Crippen LogP contribution < -0.4 is 5.73 Å². The van der Waals surface area contributed by atoms with Gasteiger partial charge in [0, 0.05) is 24.9 Å². The van der Waals surface area contributed by atoms with Crippen LogP contribution in [0.4, 0.5) is 0 Å². The van der Waals surface area contributed by atoms with Crippen LogP contribution in [0.15, 0.2) is 6.20 Å². The number of rotatable bonds is 3. The molecule has 0 amide bonds. The van der Waals surface area contributed by atoms with E-state index in [1.165, 1.54) is 37.8 Å². The number of aliphatic hydroxyl groups is 1. The van der Waals surface area contributed by atoms with Gasteiger partial charge in [0.1, 0.15) is 5.82 Å². The molecule has 4 aliphatic carbocycles. The van der Waals surface area contributed by atoms with Crippen molar-refractivity contribution < 1.29 is 5.11 Å². The standard InChI is InChI=1S/C16H25N3O/c1-19-14(7-18-16(19)13(17)8-20)15-11-3-9-2-10(5-11)6-12(15)4-9/h7,9-13,15,20H,2-6,8,17H2,1H3. The lowest BCUT2D eigenvalue weighted by Crippen LogP contribution is -2.44. The van der Waals surface area contributed by atoms with Crippen LogP contribution >= 0.6 is 0 Å². The highest BCUT2D eigenvalue weighted by Crippen LogP contribution is 2.59. The summed E-state index contributed by atoms with van der Waals surface area (Å²) >= 11 is 0. The molecular formula is C16H25N3O. The fourth-order valence-corrected chi connectivity index (χ4v) is 5.58. The lowest BCUT2D eigenvalue weighted by atomic mass is 9.51. The van der Waals surface area contributed by atoms with E-state index in [0.29, 0.717) is 5.92 Å². The molecule has 1 unspecified atom stereocenters. The third-order valence-electron chi connectivity index (χ3n) is 6.16. The van der Waals surface area contributed by atoms with Gasteiger partial charge in [-0.2, -0.15) is 0 Å². The van der Waals surface area contributed by atoms with Gasteiger partial charge in [0.25, 0.3) is 0 Å². The minimum atomic E-state index is -0.356. The number of aliphatic hydroxyl groups excluding tert-OH is 1. The van der Waals surface area contributed by atoms with Crippen LogP contribution in [0.3, 0.4) is 0 Å².